The van der Waals surface area contributed by atoms with Crippen molar-refractivity contribution in [3.63, 3.8) is 0 Å². The summed E-state index contributed by atoms with van der Waals surface area (Å²) in [5.74, 6) is -0.0374. The second kappa shape index (κ2) is 6.95. The normalized spacial score (nSPS) is 13.3. The number of aromatic nitrogens is 2. The van der Waals surface area contributed by atoms with E-state index in [-0.39, 0.29) is 11.4 Å². The molecule has 0 fully saturated rings. The highest BCUT2D eigenvalue weighted by Crippen LogP contribution is 2.33. The average Bonchev–Trinajstić information content (AvgIpc) is 3.12. The van der Waals surface area contributed by atoms with Crippen LogP contribution < -0.4 is 10.2 Å². The summed E-state index contributed by atoms with van der Waals surface area (Å²) in [5, 5.41) is 2.46. The molecule has 3 aromatic rings. The number of nitrogens with one attached hydrogen (secondary N) is 1. The third kappa shape index (κ3) is 3.53. The van der Waals surface area contributed by atoms with Crippen molar-refractivity contribution in [3.8, 4) is 0 Å². The van der Waals surface area contributed by atoms with Crippen LogP contribution in [-0.2, 0) is 12.6 Å². The summed E-state index contributed by atoms with van der Waals surface area (Å²) in [5.41, 5.74) is 1.50. The number of hydrogen-bond donors (Lipinski definition) is 1. The lowest BCUT2D eigenvalue weighted by atomic mass is 10.2. The Hall–Kier alpha value is -3.42. The van der Waals surface area contributed by atoms with Gasteiger partial charge in [-0.3, -0.25) is 4.79 Å². The van der Waals surface area contributed by atoms with Crippen molar-refractivity contribution in [2.45, 2.75) is 12.6 Å². The van der Waals surface area contributed by atoms with Gasteiger partial charge < -0.3 is 10.2 Å². The molecule has 0 aliphatic carbocycles. The number of amides is 1. The molecule has 0 atom stereocenters. The Labute approximate surface area is 158 Å². The minimum Gasteiger partial charge on any atom is -0.326 e. The average molecular weight is 384 g/mol. The first-order valence-corrected chi connectivity index (χ1v) is 8.58. The van der Waals surface area contributed by atoms with Gasteiger partial charge in [0.05, 0.1) is 5.56 Å². The number of anilines is 3. The van der Waals surface area contributed by atoms with Crippen molar-refractivity contribution in [2.75, 3.05) is 16.8 Å². The molecule has 142 valence electrons. The SMILES string of the molecule is O=C(Nc1cccc(C(F)(F)F)c1)c1cc(N2CCc3ccccc32)ncn1. The molecule has 5 nitrogen and oxygen atoms in total. The standard InChI is InChI=1S/C20H15F3N4O/c21-20(22,23)14-5-3-6-15(10-14)26-19(28)16-11-18(25-12-24-16)27-9-8-13-4-1-2-7-17(13)27/h1-7,10-12H,8-9H2,(H,26,28). The van der Waals surface area contributed by atoms with E-state index in [1.54, 1.807) is 0 Å². The van der Waals surface area contributed by atoms with Gasteiger partial charge in [0, 0.05) is 24.0 Å². The van der Waals surface area contributed by atoms with Crippen LogP contribution >= 0.6 is 0 Å². The van der Waals surface area contributed by atoms with Gasteiger partial charge >= 0.3 is 6.18 Å². The lowest BCUT2D eigenvalue weighted by molar-refractivity contribution is -0.137. The van der Waals surface area contributed by atoms with Crippen molar-refractivity contribution >= 4 is 23.1 Å². The summed E-state index contributed by atoms with van der Waals surface area (Å²) in [6.45, 7) is 0.727. The Morgan fingerprint density at radius 2 is 1.86 bits per heavy atom. The maximum Gasteiger partial charge on any atom is 0.416 e. The van der Waals surface area contributed by atoms with Gasteiger partial charge in [0.15, 0.2) is 0 Å². The zero-order valence-corrected chi connectivity index (χ0v) is 14.6. The molecule has 0 bridgehead atoms. The van der Waals surface area contributed by atoms with E-state index in [1.165, 1.54) is 30.1 Å². The number of rotatable bonds is 3. The van der Waals surface area contributed by atoms with Crippen molar-refractivity contribution in [3.05, 3.63) is 77.7 Å². The number of carbonyl (C=O) groups excluding carboxylic acids is 1. The van der Waals surface area contributed by atoms with Crippen LogP contribution in [0.15, 0.2) is 60.9 Å². The molecule has 4 rings (SSSR count). The third-order valence-electron chi connectivity index (χ3n) is 4.50. The molecular formula is C20H15F3N4O. The number of benzene rings is 2. The van der Waals surface area contributed by atoms with Crippen molar-refractivity contribution in [1.82, 2.24) is 9.97 Å². The minimum absolute atomic E-state index is 0.0477. The molecule has 0 unspecified atom stereocenters. The summed E-state index contributed by atoms with van der Waals surface area (Å²) < 4.78 is 38.5. The highest BCUT2D eigenvalue weighted by Gasteiger charge is 2.30. The maximum atomic E-state index is 12.8. The van der Waals surface area contributed by atoms with Crippen LogP contribution in [0.2, 0.25) is 0 Å². The summed E-state index contributed by atoms with van der Waals surface area (Å²) in [4.78, 5) is 22.7. The van der Waals surface area contributed by atoms with E-state index in [4.69, 9.17) is 0 Å². The number of nitrogens with zero attached hydrogens (tertiary/aromatic N) is 3. The number of hydrogen-bond acceptors (Lipinski definition) is 4. The van der Waals surface area contributed by atoms with Crippen LogP contribution in [0.3, 0.4) is 0 Å². The number of halogens is 3. The first kappa shape index (κ1) is 18.0. The zero-order chi connectivity index (χ0) is 19.7. The van der Waals surface area contributed by atoms with E-state index in [1.807, 2.05) is 29.2 Å². The van der Waals surface area contributed by atoms with Crippen LogP contribution in [0.5, 0.6) is 0 Å². The van der Waals surface area contributed by atoms with Crippen LogP contribution in [-0.4, -0.2) is 22.4 Å². The Balaban J connectivity index is 1.56. The van der Waals surface area contributed by atoms with Gasteiger partial charge in [-0.15, -0.1) is 0 Å². The predicted molar refractivity (Wildman–Crippen MR) is 98.6 cm³/mol. The van der Waals surface area contributed by atoms with Gasteiger partial charge in [-0.05, 0) is 36.2 Å². The molecule has 2 heterocycles. The van der Waals surface area contributed by atoms with Crippen LogP contribution in [0.25, 0.3) is 0 Å². The van der Waals surface area contributed by atoms with Gasteiger partial charge in [0.25, 0.3) is 5.91 Å². The van der Waals surface area contributed by atoms with E-state index in [2.05, 4.69) is 15.3 Å². The number of fused-ring (bicyclic) bond motifs is 1. The largest absolute Gasteiger partial charge is 0.416 e. The minimum atomic E-state index is -4.48. The molecule has 8 heteroatoms. The second-order valence-electron chi connectivity index (χ2n) is 6.32. The van der Waals surface area contributed by atoms with Crippen molar-refractivity contribution in [2.24, 2.45) is 0 Å². The van der Waals surface area contributed by atoms with E-state index >= 15 is 0 Å². The smallest absolute Gasteiger partial charge is 0.326 e. The highest BCUT2D eigenvalue weighted by molar-refractivity contribution is 6.03. The van der Waals surface area contributed by atoms with Crippen LogP contribution in [0, 0.1) is 0 Å². The van der Waals surface area contributed by atoms with Gasteiger partial charge in [-0.2, -0.15) is 13.2 Å². The molecule has 0 radical (unpaired) electrons. The molecule has 2 aromatic carbocycles. The molecule has 28 heavy (non-hydrogen) atoms. The molecule has 1 N–H and O–H groups in total. The quantitative estimate of drug-likeness (QED) is 0.725. The second-order valence-corrected chi connectivity index (χ2v) is 6.32. The monoisotopic (exact) mass is 384 g/mol. The molecule has 0 saturated heterocycles. The zero-order valence-electron chi connectivity index (χ0n) is 14.6. The Kier molecular flexibility index (Phi) is 4.46. The lowest BCUT2D eigenvalue weighted by Crippen LogP contribution is -2.18. The fourth-order valence-corrected chi connectivity index (χ4v) is 3.16. The van der Waals surface area contributed by atoms with Crippen LogP contribution in [0.4, 0.5) is 30.4 Å². The third-order valence-corrected chi connectivity index (χ3v) is 4.50. The van der Waals surface area contributed by atoms with E-state index < -0.39 is 17.6 Å². The fraction of sp³-hybridized carbons (Fsp3) is 0.150. The summed E-state index contributed by atoms with van der Waals surface area (Å²) in [6, 6.07) is 13.9. The molecule has 1 aromatic heterocycles. The van der Waals surface area contributed by atoms with Gasteiger partial charge in [-0.1, -0.05) is 24.3 Å². The van der Waals surface area contributed by atoms with Gasteiger partial charge in [-0.25, -0.2) is 9.97 Å². The Bertz CT molecular complexity index is 1040. The molecule has 0 spiro atoms. The van der Waals surface area contributed by atoms with Crippen molar-refractivity contribution in [1.29, 1.82) is 0 Å². The van der Waals surface area contributed by atoms with Crippen molar-refractivity contribution < 1.29 is 18.0 Å². The molecule has 1 amide bonds. The molecule has 0 saturated carbocycles. The summed E-state index contributed by atoms with van der Waals surface area (Å²) >= 11 is 0. The van der Waals surface area contributed by atoms with Gasteiger partial charge in [0.1, 0.15) is 17.8 Å². The first-order chi connectivity index (χ1) is 13.4. The first-order valence-electron chi connectivity index (χ1n) is 8.58. The maximum absolute atomic E-state index is 12.8. The number of para-hydroxylation sites is 1. The molecule has 1 aliphatic heterocycles. The molecular weight excluding hydrogens is 369 g/mol. The fourth-order valence-electron chi connectivity index (χ4n) is 3.16. The number of alkyl halides is 3. The predicted octanol–water partition coefficient (Wildman–Crippen LogP) is 4.44. The lowest BCUT2D eigenvalue weighted by Gasteiger charge is -2.18. The Morgan fingerprint density at radius 3 is 2.68 bits per heavy atom. The van der Waals surface area contributed by atoms with Gasteiger partial charge in [0.2, 0.25) is 0 Å². The molecule has 1 aliphatic rings. The van der Waals surface area contributed by atoms with Crippen LogP contribution in [0.1, 0.15) is 21.6 Å². The van der Waals surface area contributed by atoms with E-state index in [0.717, 1.165) is 30.8 Å². The topological polar surface area (TPSA) is 58.1 Å². The Morgan fingerprint density at radius 1 is 1.04 bits per heavy atom. The number of carbonyl (C=O) groups is 1. The van der Waals surface area contributed by atoms with E-state index in [9.17, 15) is 18.0 Å². The van der Waals surface area contributed by atoms with E-state index in [0.29, 0.717) is 5.82 Å². The summed E-state index contributed by atoms with van der Waals surface area (Å²) in [6.07, 6.45) is -2.34. The summed E-state index contributed by atoms with van der Waals surface area (Å²) in [7, 11) is 0. The highest BCUT2D eigenvalue weighted by atomic mass is 19.4.